The fraction of sp³-hybridized carbons (Fsp3) is 0.318. The zero-order valence-corrected chi connectivity index (χ0v) is 18.8. The fourth-order valence-corrected chi connectivity index (χ4v) is 5.74. The number of nitrogens with one attached hydrogen (secondary N) is 1. The number of rotatable bonds is 3. The van der Waals surface area contributed by atoms with Gasteiger partial charge in [0, 0.05) is 26.2 Å². The summed E-state index contributed by atoms with van der Waals surface area (Å²) in [6, 6.07) is 10.8. The summed E-state index contributed by atoms with van der Waals surface area (Å²) < 4.78 is 20.6. The van der Waals surface area contributed by atoms with Gasteiger partial charge in [-0.3, -0.25) is 0 Å². The topological polar surface area (TPSA) is 38.3 Å². The van der Waals surface area contributed by atoms with E-state index in [2.05, 4.69) is 21.2 Å². The third kappa shape index (κ3) is 3.37. The number of benzene rings is 2. The number of hydrogen-bond acceptors (Lipinski definition) is 3. The maximum atomic E-state index is 14.6. The van der Waals surface area contributed by atoms with Gasteiger partial charge in [0.2, 0.25) is 0 Å². The Morgan fingerprint density at radius 2 is 1.90 bits per heavy atom. The molecule has 152 valence electrons. The summed E-state index contributed by atoms with van der Waals surface area (Å²) in [5.74, 6) is -0.715. The molecule has 0 atom stereocenters. The first-order valence-corrected chi connectivity index (χ1v) is 10.8. The zero-order chi connectivity index (χ0) is 20.8. The molecule has 1 fully saturated rings. The summed E-state index contributed by atoms with van der Waals surface area (Å²) in [5, 5.41) is 4.06. The minimum atomic E-state index is -0.869. The van der Waals surface area contributed by atoms with E-state index in [1.54, 1.807) is 18.2 Å². The van der Waals surface area contributed by atoms with Crippen LogP contribution in [0.4, 0.5) is 10.1 Å². The number of esters is 1. The molecule has 29 heavy (non-hydrogen) atoms. The Labute approximate surface area is 187 Å². The van der Waals surface area contributed by atoms with Crippen molar-refractivity contribution >= 4 is 56.9 Å². The van der Waals surface area contributed by atoms with Crippen LogP contribution in [0.2, 0.25) is 10.0 Å². The van der Waals surface area contributed by atoms with Gasteiger partial charge in [-0.2, -0.15) is 0 Å². The number of halogens is 4. The molecule has 0 saturated heterocycles. The molecule has 2 aliphatic carbocycles. The largest absolute Gasteiger partial charge is 0.467 e. The highest BCUT2D eigenvalue weighted by Crippen LogP contribution is 2.56. The highest BCUT2D eigenvalue weighted by molar-refractivity contribution is 9.11. The molecule has 1 spiro atoms. The molecule has 1 saturated carbocycles. The van der Waals surface area contributed by atoms with E-state index in [-0.39, 0.29) is 16.4 Å². The van der Waals surface area contributed by atoms with Crippen molar-refractivity contribution in [1.82, 2.24) is 0 Å². The second-order valence-corrected chi connectivity index (χ2v) is 9.30. The van der Waals surface area contributed by atoms with E-state index in [1.165, 1.54) is 7.11 Å². The number of methoxy groups -OCH3 is 1. The Kier molecular flexibility index (Phi) is 5.43. The van der Waals surface area contributed by atoms with Gasteiger partial charge in [-0.15, -0.1) is 0 Å². The van der Waals surface area contributed by atoms with Gasteiger partial charge in [0.25, 0.3) is 0 Å². The van der Waals surface area contributed by atoms with E-state index in [0.29, 0.717) is 36.3 Å². The molecule has 4 rings (SSSR count). The van der Waals surface area contributed by atoms with Gasteiger partial charge in [0.1, 0.15) is 11.4 Å². The number of allylic oxidation sites excluding steroid dienone is 1. The quantitative estimate of drug-likeness (QED) is 0.477. The van der Waals surface area contributed by atoms with Crippen LogP contribution in [0.25, 0.3) is 6.08 Å². The monoisotopic (exact) mass is 497 g/mol. The number of fused-ring (bicyclic) bond motifs is 2. The highest BCUT2D eigenvalue weighted by atomic mass is 79.9. The predicted molar refractivity (Wildman–Crippen MR) is 118 cm³/mol. The van der Waals surface area contributed by atoms with Crippen LogP contribution in [0.1, 0.15) is 36.8 Å². The SMILES string of the molecule is COC(=O)C1(Nc2cccc(Cl)c2)CCC2(CC1)C(Br)=Cc1c2ccc(Cl)c1F. The zero-order valence-electron chi connectivity index (χ0n) is 15.7. The molecule has 3 nitrogen and oxygen atoms in total. The fourth-order valence-electron chi connectivity index (χ4n) is 4.55. The van der Waals surface area contributed by atoms with Crippen LogP contribution < -0.4 is 5.32 Å². The Morgan fingerprint density at radius 3 is 2.55 bits per heavy atom. The average molecular weight is 499 g/mol. The lowest BCUT2D eigenvalue weighted by molar-refractivity contribution is -0.147. The maximum absolute atomic E-state index is 14.6. The van der Waals surface area contributed by atoms with Crippen molar-refractivity contribution in [2.45, 2.75) is 36.6 Å². The van der Waals surface area contributed by atoms with Gasteiger partial charge in [-0.1, -0.05) is 51.3 Å². The van der Waals surface area contributed by atoms with Crippen LogP contribution in [-0.4, -0.2) is 18.6 Å². The van der Waals surface area contributed by atoms with Crippen molar-refractivity contribution in [2.24, 2.45) is 0 Å². The summed E-state index contributed by atoms with van der Waals surface area (Å²) in [6.45, 7) is 0. The van der Waals surface area contributed by atoms with Crippen molar-refractivity contribution in [3.05, 3.63) is 67.9 Å². The summed E-state index contributed by atoms with van der Waals surface area (Å²) in [5.41, 5.74) is 0.961. The first kappa shape index (κ1) is 20.7. The number of anilines is 1. The summed E-state index contributed by atoms with van der Waals surface area (Å²) in [4.78, 5) is 12.8. The van der Waals surface area contributed by atoms with Crippen molar-refractivity contribution in [1.29, 1.82) is 0 Å². The summed E-state index contributed by atoms with van der Waals surface area (Å²) in [6.07, 6.45) is 4.17. The van der Waals surface area contributed by atoms with Crippen LogP contribution in [0.3, 0.4) is 0 Å². The van der Waals surface area contributed by atoms with E-state index in [9.17, 15) is 9.18 Å². The molecule has 2 aromatic rings. The molecule has 0 heterocycles. The van der Waals surface area contributed by atoms with Crippen LogP contribution >= 0.6 is 39.1 Å². The lowest BCUT2D eigenvalue weighted by Crippen LogP contribution is -2.52. The van der Waals surface area contributed by atoms with Crippen molar-refractivity contribution in [2.75, 3.05) is 12.4 Å². The molecule has 7 heteroatoms. The lowest BCUT2D eigenvalue weighted by Gasteiger charge is -2.45. The molecule has 0 unspecified atom stereocenters. The van der Waals surface area contributed by atoms with Crippen molar-refractivity contribution < 1.29 is 13.9 Å². The van der Waals surface area contributed by atoms with Crippen molar-refractivity contribution in [3.63, 3.8) is 0 Å². The van der Waals surface area contributed by atoms with Crippen molar-refractivity contribution in [3.8, 4) is 0 Å². The molecule has 0 radical (unpaired) electrons. The molecule has 2 aliphatic rings. The average Bonchev–Trinajstić information content (AvgIpc) is 2.98. The molecule has 2 aromatic carbocycles. The van der Waals surface area contributed by atoms with Gasteiger partial charge in [-0.25, -0.2) is 9.18 Å². The number of hydrogen-bond donors (Lipinski definition) is 1. The third-order valence-corrected chi connectivity index (χ3v) is 7.63. The number of carbonyl (C=O) groups excluding carboxylic acids is 1. The predicted octanol–water partition coefficient (Wildman–Crippen LogP) is 6.72. The minimum Gasteiger partial charge on any atom is -0.467 e. The van der Waals surface area contributed by atoms with E-state index >= 15 is 0 Å². The van der Waals surface area contributed by atoms with E-state index in [4.69, 9.17) is 27.9 Å². The smallest absolute Gasteiger partial charge is 0.331 e. The van der Waals surface area contributed by atoms with E-state index < -0.39 is 11.4 Å². The number of ether oxygens (including phenoxy) is 1. The molecule has 0 amide bonds. The maximum Gasteiger partial charge on any atom is 0.331 e. The van der Waals surface area contributed by atoms with Gasteiger partial charge in [0.05, 0.1) is 12.1 Å². The summed E-state index contributed by atoms with van der Waals surface area (Å²) in [7, 11) is 1.40. The first-order chi connectivity index (χ1) is 13.8. The number of carbonyl (C=O) groups is 1. The lowest BCUT2D eigenvalue weighted by atomic mass is 9.65. The molecule has 1 N–H and O–H groups in total. The summed E-state index contributed by atoms with van der Waals surface area (Å²) >= 11 is 15.7. The molecular formula is C22H19BrCl2FNO2. The van der Waals surface area contributed by atoms with Gasteiger partial charge >= 0.3 is 5.97 Å². The Morgan fingerprint density at radius 1 is 1.17 bits per heavy atom. The molecule has 0 aliphatic heterocycles. The molecular weight excluding hydrogens is 480 g/mol. The second-order valence-electron chi connectivity index (χ2n) is 7.61. The highest BCUT2D eigenvalue weighted by Gasteiger charge is 2.52. The van der Waals surface area contributed by atoms with Crippen LogP contribution in [0, 0.1) is 5.82 Å². The third-order valence-electron chi connectivity index (χ3n) is 6.12. The van der Waals surface area contributed by atoms with Crippen LogP contribution in [0.15, 0.2) is 40.9 Å². The standard InChI is InChI=1S/C22H19BrCl2FNO2/c1-29-20(28)22(27-14-4-2-3-13(24)11-14)9-7-21(8-10-22)16-5-6-17(25)19(26)15(16)12-18(21)23/h2-6,11-12,27H,7-10H2,1H3. The van der Waals surface area contributed by atoms with Crippen LogP contribution in [-0.2, 0) is 14.9 Å². The van der Waals surface area contributed by atoms with E-state index in [0.717, 1.165) is 15.7 Å². The Hall–Kier alpha value is -1.56. The van der Waals surface area contributed by atoms with Gasteiger partial charge in [-0.05, 0) is 61.6 Å². The first-order valence-electron chi connectivity index (χ1n) is 9.30. The van der Waals surface area contributed by atoms with Crippen LogP contribution in [0.5, 0.6) is 0 Å². The Bertz CT molecular complexity index is 1020. The van der Waals surface area contributed by atoms with Gasteiger partial charge < -0.3 is 10.1 Å². The normalized spacial score (nSPS) is 25.5. The molecule has 0 bridgehead atoms. The van der Waals surface area contributed by atoms with Gasteiger partial charge in [0.15, 0.2) is 0 Å². The van der Waals surface area contributed by atoms with E-state index in [1.807, 2.05) is 24.3 Å². The minimum absolute atomic E-state index is 0.111. The Balaban J connectivity index is 1.67. The molecule has 0 aromatic heterocycles. The second kappa shape index (κ2) is 7.60.